The molecule has 4 nitrogen and oxygen atoms in total. The van der Waals surface area contributed by atoms with Gasteiger partial charge in [-0.3, -0.25) is 0 Å². The first kappa shape index (κ1) is 12.0. The van der Waals surface area contributed by atoms with E-state index in [0.29, 0.717) is 0 Å². The van der Waals surface area contributed by atoms with Crippen LogP contribution >= 0.6 is 11.3 Å². The highest BCUT2D eigenvalue weighted by molar-refractivity contribution is 7.16. The number of nitrogens with one attached hydrogen (secondary N) is 1. The second kappa shape index (κ2) is 5.73. The first-order valence-corrected chi connectivity index (χ1v) is 7.41. The molecule has 1 saturated heterocycles. The molecule has 0 aliphatic carbocycles. The van der Waals surface area contributed by atoms with Crippen LogP contribution in [0.5, 0.6) is 0 Å². The number of aromatic nitrogens is 2. The van der Waals surface area contributed by atoms with E-state index in [2.05, 4.69) is 31.6 Å². The largest absolute Gasteiger partial charge is 0.315 e. The van der Waals surface area contributed by atoms with Gasteiger partial charge in [0.05, 0.1) is 5.69 Å². The molecule has 0 bridgehead atoms. The highest BCUT2D eigenvalue weighted by Gasteiger charge is 2.10. The maximum atomic E-state index is 4.44. The second-order valence-electron chi connectivity index (χ2n) is 4.65. The SMILES string of the molecule is c1nc(CCN2CCCNCC2)c2ccsc2n1. The Morgan fingerprint density at radius 3 is 3.28 bits per heavy atom. The van der Waals surface area contributed by atoms with Crippen LogP contribution in [0.15, 0.2) is 17.8 Å². The Labute approximate surface area is 111 Å². The van der Waals surface area contributed by atoms with Gasteiger partial charge in [0, 0.05) is 31.4 Å². The molecule has 1 aliphatic heterocycles. The third-order valence-electron chi connectivity index (χ3n) is 3.44. The maximum absolute atomic E-state index is 4.44. The molecule has 18 heavy (non-hydrogen) atoms. The molecule has 5 heteroatoms. The average molecular weight is 262 g/mol. The predicted octanol–water partition coefficient (Wildman–Crippen LogP) is 1.53. The Balaban J connectivity index is 1.67. The van der Waals surface area contributed by atoms with Crippen molar-refractivity contribution in [2.75, 3.05) is 32.7 Å². The molecule has 0 atom stereocenters. The van der Waals surface area contributed by atoms with Crippen molar-refractivity contribution in [2.45, 2.75) is 12.8 Å². The maximum Gasteiger partial charge on any atom is 0.126 e. The van der Waals surface area contributed by atoms with Crippen molar-refractivity contribution in [3.63, 3.8) is 0 Å². The topological polar surface area (TPSA) is 41.1 Å². The number of thiophene rings is 1. The van der Waals surface area contributed by atoms with E-state index < -0.39 is 0 Å². The summed E-state index contributed by atoms with van der Waals surface area (Å²) < 4.78 is 0. The number of hydrogen-bond donors (Lipinski definition) is 1. The van der Waals surface area contributed by atoms with Gasteiger partial charge < -0.3 is 10.2 Å². The van der Waals surface area contributed by atoms with Gasteiger partial charge in [-0.05, 0) is 31.0 Å². The van der Waals surface area contributed by atoms with Crippen LogP contribution < -0.4 is 5.32 Å². The summed E-state index contributed by atoms with van der Waals surface area (Å²) in [6.45, 7) is 5.71. The molecule has 2 aromatic heterocycles. The van der Waals surface area contributed by atoms with E-state index in [9.17, 15) is 0 Å². The zero-order valence-corrected chi connectivity index (χ0v) is 11.2. The highest BCUT2D eigenvalue weighted by Crippen LogP contribution is 2.20. The lowest BCUT2D eigenvalue weighted by molar-refractivity contribution is 0.295. The van der Waals surface area contributed by atoms with E-state index in [1.165, 1.54) is 24.0 Å². The zero-order valence-electron chi connectivity index (χ0n) is 10.4. The minimum absolute atomic E-state index is 1.02. The van der Waals surface area contributed by atoms with Gasteiger partial charge in [0.2, 0.25) is 0 Å². The predicted molar refractivity (Wildman–Crippen MR) is 75.0 cm³/mol. The molecular formula is C13H18N4S. The van der Waals surface area contributed by atoms with Crippen LogP contribution in [0.2, 0.25) is 0 Å². The van der Waals surface area contributed by atoms with Gasteiger partial charge in [-0.1, -0.05) is 0 Å². The lowest BCUT2D eigenvalue weighted by Crippen LogP contribution is -2.30. The van der Waals surface area contributed by atoms with Crippen LogP contribution in [0.25, 0.3) is 10.2 Å². The van der Waals surface area contributed by atoms with Crippen LogP contribution in [0.1, 0.15) is 12.1 Å². The Bertz CT molecular complexity index is 502. The summed E-state index contributed by atoms with van der Waals surface area (Å²) in [5.74, 6) is 0. The van der Waals surface area contributed by atoms with E-state index in [0.717, 1.165) is 37.4 Å². The summed E-state index contributed by atoms with van der Waals surface area (Å²) in [4.78, 5) is 12.4. The molecule has 0 amide bonds. The molecule has 1 N–H and O–H groups in total. The fourth-order valence-electron chi connectivity index (χ4n) is 2.43. The number of hydrogen-bond acceptors (Lipinski definition) is 5. The normalized spacial score (nSPS) is 18.0. The van der Waals surface area contributed by atoms with Crippen LogP contribution in [0.3, 0.4) is 0 Å². The first-order chi connectivity index (χ1) is 8.93. The first-order valence-electron chi connectivity index (χ1n) is 6.53. The molecule has 1 fully saturated rings. The van der Waals surface area contributed by atoms with Gasteiger partial charge in [-0.15, -0.1) is 11.3 Å². The quantitative estimate of drug-likeness (QED) is 0.911. The molecule has 0 saturated carbocycles. The number of rotatable bonds is 3. The van der Waals surface area contributed by atoms with E-state index in [4.69, 9.17) is 0 Å². The Morgan fingerprint density at radius 1 is 1.28 bits per heavy atom. The van der Waals surface area contributed by atoms with Crippen molar-refractivity contribution in [1.29, 1.82) is 0 Å². The van der Waals surface area contributed by atoms with Gasteiger partial charge in [0.1, 0.15) is 11.2 Å². The number of nitrogens with zero attached hydrogens (tertiary/aromatic N) is 3. The molecule has 2 aromatic rings. The third-order valence-corrected chi connectivity index (χ3v) is 4.26. The lowest BCUT2D eigenvalue weighted by Gasteiger charge is -2.18. The zero-order chi connectivity index (χ0) is 12.2. The molecule has 3 heterocycles. The molecule has 0 unspecified atom stereocenters. The van der Waals surface area contributed by atoms with Crippen LogP contribution in [-0.4, -0.2) is 47.6 Å². The second-order valence-corrected chi connectivity index (χ2v) is 5.55. The Kier molecular flexibility index (Phi) is 3.83. The van der Waals surface area contributed by atoms with Crippen LogP contribution in [0.4, 0.5) is 0 Å². The van der Waals surface area contributed by atoms with Crippen molar-refractivity contribution in [1.82, 2.24) is 20.2 Å². The van der Waals surface area contributed by atoms with Crippen molar-refractivity contribution in [3.05, 3.63) is 23.5 Å². The molecule has 0 spiro atoms. The molecule has 0 aromatic carbocycles. The van der Waals surface area contributed by atoms with Crippen molar-refractivity contribution < 1.29 is 0 Å². The summed E-state index contributed by atoms with van der Waals surface area (Å²) in [6.07, 6.45) is 3.96. The molecular weight excluding hydrogens is 244 g/mol. The molecule has 3 rings (SSSR count). The molecule has 1 aliphatic rings. The monoisotopic (exact) mass is 262 g/mol. The number of fused-ring (bicyclic) bond motifs is 1. The Hall–Kier alpha value is -1.04. The summed E-state index contributed by atoms with van der Waals surface area (Å²) in [5.41, 5.74) is 1.19. The smallest absolute Gasteiger partial charge is 0.126 e. The van der Waals surface area contributed by atoms with Gasteiger partial charge in [0.25, 0.3) is 0 Å². The summed E-state index contributed by atoms with van der Waals surface area (Å²) >= 11 is 1.69. The third kappa shape index (κ3) is 2.68. The van der Waals surface area contributed by atoms with E-state index in [-0.39, 0.29) is 0 Å². The lowest BCUT2D eigenvalue weighted by atomic mass is 10.2. The minimum atomic E-state index is 1.02. The Morgan fingerprint density at radius 2 is 2.28 bits per heavy atom. The van der Waals surface area contributed by atoms with Crippen LogP contribution in [0, 0.1) is 0 Å². The van der Waals surface area contributed by atoms with Gasteiger partial charge in [-0.2, -0.15) is 0 Å². The molecule has 0 radical (unpaired) electrons. The fraction of sp³-hybridized carbons (Fsp3) is 0.538. The van der Waals surface area contributed by atoms with Gasteiger partial charge in [-0.25, -0.2) is 9.97 Å². The van der Waals surface area contributed by atoms with E-state index >= 15 is 0 Å². The highest BCUT2D eigenvalue weighted by atomic mass is 32.1. The summed E-state index contributed by atoms with van der Waals surface area (Å²) in [5, 5.41) is 6.76. The fourth-order valence-corrected chi connectivity index (χ4v) is 3.18. The van der Waals surface area contributed by atoms with Crippen LogP contribution in [-0.2, 0) is 6.42 Å². The standard InChI is InChI=1S/C13H18N4S/c1-4-14-5-8-17(6-1)7-2-12-11-3-9-18-13(11)16-10-15-12/h3,9-10,14H,1-2,4-8H2. The molecule has 96 valence electrons. The van der Waals surface area contributed by atoms with Crippen molar-refractivity contribution in [2.24, 2.45) is 0 Å². The van der Waals surface area contributed by atoms with E-state index in [1.807, 2.05) is 0 Å². The summed E-state index contributed by atoms with van der Waals surface area (Å²) in [7, 11) is 0. The van der Waals surface area contributed by atoms with Gasteiger partial charge in [0.15, 0.2) is 0 Å². The minimum Gasteiger partial charge on any atom is -0.315 e. The van der Waals surface area contributed by atoms with Crippen molar-refractivity contribution in [3.8, 4) is 0 Å². The summed E-state index contributed by atoms with van der Waals surface area (Å²) in [6, 6.07) is 2.14. The van der Waals surface area contributed by atoms with E-state index in [1.54, 1.807) is 17.7 Å². The average Bonchev–Trinajstić information content (AvgIpc) is 2.73. The van der Waals surface area contributed by atoms with Gasteiger partial charge >= 0.3 is 0 Å². The van der Waals surface area contributed by atoms with Crippen molar-refractivity contribution >= 4 is 21.6 Å².